The number of hydrogen-bond acceptors (Lipinski definition) is 5. The smallest absolute Gasteiger partial charge is 0.340 e. The molecule has 0 fully saturated rings. The molecule has 0 saturated heterocycles. The van der Waals surface area contributed by atoms with Gasteiger partial charge in [0.05, 0.1) is 5.56 Å². The predicted octanol–water partition coefficient (Wildman–Crippen LogP) is 9.68. The van der Waals surface area contributed by atoms with Gasteiger partial charge in [-0.25, -0.2) is 4.79 Å². The fourth-order valence-electron chi connectivity index (χ4n) is 6.35. The van der Waals surface area contributed by atoms with Crippen molar-refractivity contribution in [2.45, 2.75) is 45.6 Å². The summed E-state index contributed by atoms with van der Waals surface area (Å²) in [6, 6.07) is 34.9. The van der Waals surface area contributed by atoms with Gasteiger partial charge in [-0.2, -0.15) is 0 Å². The first-order valence-electron chi connectivity index (χ1n) is 15.0. The van der Waals surface area contributed by atoms with Gasteiger partial charge in [0.15, 0.2) is 5.60 Å². The van der Waals surface area contributed by atoms with Gasteiger partial charge in [0, 0.05) is 52.6 Å². The van der Waals surface area contributed by atoms with E-state index in [0.717, 1.165) is 45.0 Å². The molecule has 7 rings (SSSR count). The van der Waals surface area contributed by atoms with Gasteiger partial charge in [0.2, 0.25) is 0 Å². The Hall–Kier alpha value is -5.03. The van der Waals surface area contributed by atoms with E-state index in [1.54, 1.807) is 0 Å². The summed E-state index contributed by atoms with van der Waals surface area (Å²) in [5.74, 6) is 1.00. The van der Waals surface area contributed by atoms with Crippen LogP contribution in [-0.4, -0.2) is 13.0 Å². The average molecular weight is 581 g/mol. The van der Waals surface area contributed by atoms with Crippen LogP contribution in [0.25, 0.3) is 0 Å². The Bertz CT molecular complexity index is 1920. The molecule has 1 unspecified atom stereocenters. The van der Waals surface area contributed by atoms with Gasteiger partial charge in [-0.15, -0.1) is 0 Å². The number of carbonyl (C=O) groups excluding carboxylic acids is 1. The van der Waals surface area contributed by atoms with Crippen molar-refractivity contribution in [2.24, 2.45) is 0 Å². The van der Waals surface area contributed by atoms with Crippen molar-refractivity contribution in [3.8, 4) is 11.5 Å². The van der Waals surface area contributed by atoms with E-state index in [4.69, 9.17) is 9.47 Å². The summed E-state index contributed by atoms with van der Waals surface area (Å²) in [4.78, 5) is 15.6. The normalized spacial score (nSPS) is 16.5. The second-order valence-corrected chi connectivity index (χ2v) is 12.9. The second kappa shape index (κ2) is 10.0. The summed E-state index contributed by atoms with van der Waals surface area (Å²) in [7, 11) is 2.05. The highest BCUT2D eigenvalue weighted by Gasteiger charge is 2.54. The van der Waals surface area contributed by atoms with Crippen molar-refractivity contribution in [3.63, 3.8) is 0 Å². The molecule has 0 bridgehead atoms. The minimum absolute atomic E-state index is 0.198. The Kier molecular flexibility index (Phi) is 6.33. The summed E-state index contributed by atoms with van der Waals surface area (Å²) >= 11 is 0. The van der Waals surface area contributed by atoms with Crippen LogP contribution in [0.2, 0.25) is 0 Å². The fraction of sp³-hybridized carbons (Fsp3) is 0.205. The Morgan fingerprint density at radius 3 is 2.05 bits per heavy atom. The fourth-order valence-corrected chi connectivity index (χ4v) is 6.35. The molecule has 0 aromatic heterocycles. The lowest BCUT2D eigenvalue weighted by atomic mass is 9.75. The highest BCUT2D eigenvalue weighted by molar-refractivity contribution is 5.97. The van der Waals surface area contributed by atoms with Crippen molar-refractivity contribution in [1.29, 1.82) is 0 Å². The van der Waals surface area contributed by atoms with Crippen LogP contribution in [0.3, 0.4) is 0 Å². The van der Waals surface area contributed by atoms with Crippen molar-refractivity contribution in [2.75, 3.05) is 17.3 Å². The van der Waals surface area contributed by atoms with E-state index in [0.29, 0.717) is 17.1 Å². The molecule has 1 N–H and O–H groups in total. The predicted molar refractivity (Wildman–Crippen MR) is 177 cm³/mol. The number of hydrogen-bond donors (Lipinski definition) is 1. The van der Waals surface area contributed by atoms with Crippen LogP contribution in [0, 0.1) is 13.8 Å². The molecule has 1 spiro atoms. The average Bonchev–Trinajstić information content (AvgIpc) is 3.30. The number of esters is 1. The quantitative estimate of drug-likeness (QED) is 0.215. The first-order chi connectivity index (χ1) is 21.0. The summed E-state index contributed by atoms with van der Waals surface area (Å²) in [5, 5.41) is 3.67. The van der Waals surface area contributed by atoms with Gasteiger partial charge in [-0.1, -0.05) is 74.4 Å². The maximum Gasteiger partial charge on any atom is 0.340 e. The van der Waals surface area contributed by atoms with Crippen LogP contribution in [0.5, 0.6) is 11.5 Å². The topological polar surface area (TPSA) is 50.8 Å². The summed E-state index contributed by atoms with van der Waals surface area (Å²) < 4.78 is 13.3. The van der Waals surface area contributed by atoms with Crippen LogP contribution in [-0.2, 0) is 15.8 Å². The number of ether oxygens (including phenoxy) is 2. The van der Waals surface area contributed by atoms with E-state index in [-0.39, 0.29) is 11.4 Å². The molecule has 5 aromatic rings. The SMILES string of the molecule is Cc1ccc(Nc2cc3c(cc2C(C)(C)C)Oc2cc(N(C)c4ccc(C)cc4)ccc2C32OC(=O)c3ccccc32)cc1. The van der Waals surface area contributed by atoms with Crippen LogP contribution >= 0.6 is 0 Å². The summed E-state index contributed by atoms with van der Waals surface area (Å²) in [6.07, 6.45) is 0. The van der Waals surface area contributed by atoms with Crippen LogP contribution in [0.1, 0.15) is 64.5 Å². The zero-order chi connectivity index (χ0) is 30.8. The van der Waals surface area contributed by atoms with Crippen molar-refractivity contribution in [1.82, 2.24) is 0 Å². The largest absolute Gasteiger partial charge is 0.456 e. The van der Waals surface area contributed by atoms with E-state index in [9.17, 15) is 4.79 Å². The lowest BCUT2D eigenvalue weighted by Gasteiger charge is -2.38. The molecule has 2 aliphatic heterocycles. The highest BCUT2D eigenvalue weighted by atomic mass is 16.6. The second-order valence-electron chi connectivity index (χ2n) is 12.9. The van der Waals surface area contributed by atoms with Gasteiger partial charge in [0.25, 0.3) is 0 Å². The number of aryl methyl sites for hydroxylation is 2. The molecule has 5 heteroatoms. The van der Waals surface area contributed by atoms with Gasteiger partial charge in [-0.3, -0.25) is 0 Å². The Labute approximate surface area is 259 Å². The number of fused-ring (bicyclic) bond motifs is 6. The number of nitrogens with one attached hydrogen (secondary N) is 1. The minimum Gasteiger partial charge on any atom is -0.456 e. The van der Waals surface area contributed by atoms with Crippen LogP contribution in [0.15, 0.2) is 103 Å². The molecule has 0 radical (unpaired) electrons. The van der Waals surface area contributed by atoms with Gasteiger partial charge in [-0.05, 0) is 79.4 Å². The molecular weight excluding hydrogens is 544 g/mol. The van der Waals surface area contributed by atoms with E-state index in [1.807, 2.05) is 43.4 Å². The van der Waals surface area contributed by atoms with Crippen molar-refractivity contribution < 1.29 is 14.3 Å². The van der Waals surface area contributed by atoms with E-state index in [2.05, 4.69) is 112 Å². The zero-order valence-electron chi connectivity index (χ0n) is 26.0. The van der Waals surface area contributed by atoms with Gasteiger partial charge >= 0.3 is 5.97 Å². The number of anilines is 4. The van der Waals surface area contributed by atoms with E-state index in [1.165, 1.54) is 11.1 Å². The first kappa shape index (κ1) is 27.8. The lowest BCUT2D eigenvalue weighted by Crippen LogP contribution is -2.33. The number of nitrogens with zero attached hydrogens (tertiary/aromatic N) is 1. The first-order valence-corrected chi connectivity index (χ1v) is 15.0. The van der Waals surface area contributed by atoms with E-state index < -0.39 is 5.60 Å². The molecule has 2 aliphatic rings. The minimum atomic E-state index is -1.16. The molecule has 5 aromatic carbocycles. The van der Waals surface area contributed by atoms with Gasteiger partial charge < -0.3 is 19.7 Å². The highest BCUT2D eigenvalue weighted by Crippen LogP contribution is 2.58. The Morgan fingerprint density at radius 1 is 0.705 bits per heavy atom. The third-order valence-electron chi connectivity index (χ3n) is 8.78. The van der Waals surface area contributed by atoms with Crippen LogP contribution < -0.4 is 15.0 Å². The van der Waals surface area contributed by atoms with Crippen molar-refractivity contribution >= 4 is 28.7 Å². The van der Waals surface area contributed by atoms with Gasteiger partial charge in [0.1, 0.15) is 11.5 Å². The molecule has 5 nitrogen and oxygen atoms in total. The molecule has 0 amide bonds. The molecule has 0 aliphatic carbocycles. The molecule has 220 valence electrons. The molecular formula is C39H36N2O3. The number of benzene rings is 5. The Morgan fingerprint density at radius 2 is 1.34 bits per heavy atom. The lowest BCUT2D eigenvalue weighted by molar-refractivity contribution is 0.0224. The van der Waals surface area contributed by atoms with E-state index >= 15 is 0 Å². The van der Waals surface area contributed by atoms with Crippen molar-refractivity contribution in [3.05, 3.63) is 142 Å². The maximum atomic E-state index is 13.5. The monoisotopic (exact) mass is 580 g/mol. The maximum absolute atomic E-state index is 13.5. The third kappa shape index (κ3) is 4.43. The summed E-state index contributed by atoms with van der Waals surface area (Å²) in [6.45, 7) is 10.8. The third-order valence-corrected chi connectivity index (χ3v) is 8.78. The standard InChI is InChI=1S/C39H36N2O3/c1-24-11-15-26(16-12-24)40-34-22-33-36(23-32(34)38(3,4)5)43-35-21-28(41(6)27-17-13-25(2)14-18-27)19-20-31(35)39(33)30-10-8-7-9-29(30)37(42)44-39/h7-23,40H,1-6H3. The van der Waals surface area contributed by atoms with Crippen LogP contribution in [0.4, 0.5) is 22.7 Å². The number of rotatable bonds is 4. The molecule has 44 heavy (non-hydrogen) atoms. The molecule has 1 atom stereocenters. The Balaban J connectivity index is 1.44. The zero-order valence-corrected chi connectivity index (χ0v) is 26.0. The number of carbonyl (C=O) groups is 1. The summed E-state index contributed by atoms with van der Waals surface area (Å²) in [5.41, 5.74) is 9.11. The molecule has 2 heterocycles. The molecule has 0 saturated carbocycles.